The molecule has 6 nitrogen and oxygen atoms in total. The Bertz CT molecular complexity index is 805. The number of benzene rings is 2. The van der Waals surface area contributed by atoms with Crippen LogP contribution in [0.25, 0.3) is 0 Å². The quantitative estimate of drug-likeness (QED) is 0.672. The summed E-state index contributed by atoms with van der Waals surface area (Å²) < 4.78 is 42.7. The normalized spacial score (nSPS) is 12.2. The van der Waals surface area contributed by atoms with E-state index in [1.807, 2.05) is 0 Å². The first-order valence-corrected chi connectivity index (χ1v) is 8.29. The lowest BCUT2D eigenvalue weighted by molar-refractivity contribution is -0.137. The summed E-state index contributed by atoms with van der Waals surface area (Å²) in [4.78, 5) is 23.0. The second kappa shape index (κ2) is 9.23. The summed E-state index contributed by atoms with van der Waals surface area (Å²) >= 11 is 0. The molecule has 2 rings (SSSR count). The molecule has 2 aromatic carbocycles. The molecular formula is C19H19F3N2O4. The van der Waals surface area contributed by atoms with Crippen molar-refractivity contribution < 1.29 is 32.6 Å². The summed E-state index contributed by atoms with van der Waals surface area (Å²) in [5.74, 6) is -0.483. The van der Waals surface area contributed by atoms with E-state index in [0.29, 0.717) is 11.3 Å². The van der Waals surface area contributed by atoms with E-state index in [9.17, 15) is 27.9 Å². The van der Waals surface area contributed by atoms with Crippen molar-refractivity contribution >= 4 is 17.5 Å². The second-order valence-electron chi connectivity index (χ2n) is 5.96. The van der Waals surface area contributed by atoms with Crippen LogP contribution in [0, 0.1) is 0 Å². The maximum Gasteiger partial charge on any atom is 0.416 e. The third kappa shape index (κ3) is 6.58. The number of nitrogens with one attached hydrogen (secondary N) is 2. The van der Waals surface area contributed by atoms with Gasteiger partial charge in [-0.25, -0.2) is 0 Å². The van der Waals surface area contributed by atoms with E-state index < -0.39 is 23.8 Å². The maximum atomic E-state index is 12.5. The van der Waals surface area contributed by atoms with Gasteiger partial charge < -0.3 is 20.5 Å². The van der Waals surface area contributed by atoms with Crippen LogP contribution in [-0.2, 0) is 11.0 Å². The van der Waals surface area contributed by atoms with E-state index >= 15 is 0 Å². The molecule has 0 saturated heterocycles. The summed E-state index contributed by atoms with van der Waals surface area (Å²) in [6.07, 6.45) is -5.48. The zero-order valence-corrected chi connectivity index (χ0v) is 14.9. The minimum atomic E-state index is -4.43. The van der Waals surface area contributed by atoms with Gasteiger partial charge in [0.1, 0.15) is 18.5 Å². The van der Waals surface area contributed by atoms with E-state index in [1.54, 1.807) is 12.1 Å². The van der Waals surface area contributed by atoms with Gasteiger partial charge in [0.2, 0.25) is 5.91 Å². The highest BCUT2D eigenvalue weighted by molar-refractivity contribution is 5.95. The number of halogens is 3. The standard InChI is InChI=1S/C19H19F3N2O4/c1-12(25)24-15-6-2-13(3-7-15)18(27)23-10-16(26)11-28-17-8-4-14(5-9-17)19(20,21)22/h2-9,16,26H,10-11H2,1H3,(H,23,27)(H,24,25). The maximum absolute atomic E-state index is 12.5. The van der Waals surface area contributed by atoms with Crippen LogP contribution in [0.1, 0.15) is 22.8 Å². The first-order chi connectivity index (χ1) is 13.1. The minimum absolute atomic E-state index is 0.104. The largest absolute Gasteiger partial charge is 0.491 e. The first-order valence-electron chi connectivity index (χ1n) is 8.29. The minimum Gasteiger partial charge on any atom is -0.491 e. The molecule has 2 amide bonds. The SMILES string of the molecule is CC(=O)Nc1ccc(C(=O)NCC(O)COc2ccc(C(F)(F)F)cc2)cc1. The van der Waals surface area contributed by atoms with Crippen molar-refractivity contribution in [1.82, 2.24) is 5.32 Å². The van der Waals surface area contributed by atoms with Crippen molar-refractivity contribution in [3.05, 3.63) is 59.7 Å². The van der Waals surface area contributed by atoms with Gasteiger partial charge in [0.25, 0.3) is 5.91 Å². The number of aliphatic hydroxyl groups excluding tert-OH is 1. The van der Waals surface area contributed by atoms with Gasteiger partial charge >= 0.3 is 6.18 Å². The second-order valence-corrected chi connectivity index (χ2v) is 5.96. The number of anilines is 1. The molecule has 9 heteroatoms. The molecule has 1 atom stereocenters. The number of carbonyl (C=O) groups is 2. The molecule has 3 N–H and O–H groups in total. The molecule has 0 aliphatic rings. The number of rotatable bonds is 7. The lowest BCUT2D eigenvalue weighted by atomic mass is 10.2. The highest BCUT2D eigenvalue weighted by Gasteiger charge is 2.30. The molecule has 1 unspecified atom stereocenters. The predicted octanol–water partition coefficient (Wildman–Crippen LogP) is 2.83. The Labute approximate surface area is 159 Å². The van der Waals surface area contributed by atoms with E-state index in [-0.39, 0.29) is 24.8 Å². The molecular weight excluding hydrogens is 377 g/mol. The Kier molecular flexibility index (Phi) is 7.00. The molecule has 0 aliphatic heterocycles. The van der Waals surface area contributed by atoms with Gasteiger partial charge in [-0.1, -0.05) is 0 Å². The molecule has 0 bridgehead atoms. The molecule has 0 fully saturated rings. The van der Waals surface area contributed by atoms with Crippen LogP contribution in [-0.4, -0.2) is 36.2 Å². The highest BCUT2D eigenvalue weighted by atomic mass is 19.4. The van der Waals surface area contributed by atoms with Crippen LogP contribution in [0.15, 0.2) is 48.5 Å². The zero-order chi connectivity index (χ0) is 20.7. The molecule has 28 heavy (non-hydrogen) atoms. The zero-order valence-electron chi connectivity index (χ0n) is 14.9. The van der Waals surface area contributed by atoms with Crippen molar-refractivity contribution in [1.29, 1.82) is 0 Å². The Morgan fingerprint density at radius 2 is 1.68 bits per heavy atom. The topological polar surface area (TPSA) is 87.7 Å². The number of amides is 2. The Morgan fingerprint density at radius 3 is 2.21 bits per heavy atom. The number of ether oxygens (including phenoxy) is 1. The van der Waals surface area contributed by atoms with Crippen LogP contribution >= 0.6 is 0 Å². The Balaban J connectivity index is 1.78. The van der Waals surface area contributed by atoms with Crippen molar-refractivity contribution in [3.63, 3.8) is 0 Å². The molecule has 0 heterocycles. The smallest absolute Gasteiger partial charge is 0.416 e. The number of hydrogen-bond acceptors (Lipinski definition) is 4. The average Bonchev–Trinajstić information content (AvgIpc) is 2.64. The number of alkyl halides is 3. The third-order valence-electron chi connectivity index (χ3n) is 3.59. The van der Waals surface area contributed by atoms with E-state index in [4.69, 9.17) is 4.74 Å². The van der Waals surface area contributed by atoms with E-state index in [2.05, 4.69) is 10.6 Å². The van der Waals surface area contributed by atoms with Crippen LogP contribution in [0.4, 0.5) is 18.9 Å². The molecule has 0 radical (unpaired) electrons. The van der Waals surface area contributed by atoms with Gasteiger partial charge in [-0.15, -0.1) is 0 Å². The average molecular weight is 396 g/mol. The summed E-state index contributed by atoms with van der Waals surface area (Å²) in [6.45, 7) is 1.06. The van der Waals surface area contributed by atoms with E-state index in [1.165, 1.54) is 19.1 Å². The fourth-order valence-corrected chi connectivity index (χ4v) is 2.21. The lowest BCUT2D eigenvalue weighted by Crippen LogP contribution is -2.35. The fraction of sp³-hybridized carbons (Fsp3) is 0.263. The van der Waals surface area contributed by atoms with Crippen molar-refractivity contribution in [2.24, 2.45) is 0 Å². The molecule has 150 valence electrons. The molecule has 0 aliphatic carbocycles. The number of hydrogen-bond donors (Lipinski definition) is 3. The molecule has 0 aromatic heterocycles. The molecule has 2 aromatic rings. The Morgan fingerprint density at radius 1 is 1.07 bits per heavy atom. The fourth-order valence-electron chi connectivity index (χ4n) is 2.21. The number of carbonyl (C=O) groups excluding carboxylic acids is 2. The summed E-state index contributed by atoms with van der Waals surface area (Å²) in [5.41, 5.74) is 0.0937. The van der Waals surface area contributed by atoms with Gasteiger partial charge in [-0.2, -0.15) is 13.2 Å². The summed E-state index contributed by atoms with van der Waals surface area (Å²) in [6, 6.07) is 10.3. The van der Waals surface area contributed by atoms with Crippen molar-refractivity contribution in [2.45, 2.75) is 19.2 Å². The van der Waals surface area contributed by atoms with Crippen molar-refractivity contribution in [2.75, 3.05) is 18.5 Å². The van der Waals surface area contributed by atoms with Gasteiger partial charge in [0, 0.05) is 24.7 Å². The third-order valence-corrected chi connectivity index (χ3v) is 3.59. The van der Waals surface area contributed by atoms with Crippen LogP contribution < -0.4 is 15.4 Å². The number of aliphatic hydroxyl groups is 1. The molecule has 0 spiro atoms. The predicted molar refractivity (Wildman–Crippen MR) is 96.0 cm³/mol. The summed E-state index contributed by atoms with van der Waals surface area (Å²) in [7, 11) is 0. The molecule has 0 saturated carbocycles. The van der Waals surface area contributed by atoms with Gasteiger partial charge in [-0.05, 0) is 48.5 Å². The van der Waals surface area contributed by atoms with Crippen LogP contribution in [0.2, 0.25) is 0 Å². The summed E-state index contributed by atoms with van der Waals surface area (Å²) in [5, 5.41) is 15.0. The van der Waals surface area contributed by atoms with Crippen LogP contribution in [0.3, 0.4) is 0 Å². The highest BCUT2D eigenvalue weighted by Crippen LogP contribution is 2.30. The lowest BCUT2D eigenvalue weighted by Gasteiger charge is -2.14. The Hall–Kier alpha value is -3.07. The van der Waals surface area contributed by atoms with Crippen LogP contribution in [0.5, 0.6) is 5.75 Å². The monoisotopic (exact) mass is 396 g/mol. The first kappa shape index (κ1) is 21.2. The van der Waals surface area contributed by atoms with E-state index in [0.717, 1.165) is 24.3 Å². The van der Waals surface area contributed by atoms with Gasteiger partial charge in [-0.3, -0.25) is 9.59 Å². The van der Waals surface area contributed by atoms with Gasteiger partial charge in [0.15, 0.2) is 0 Å². The van der Waals surface area contributed by atoms with Crippen molar-refractivity contribution in [3.8, 4) is 5.75 Å². The van der Waals surface area contributed by atoms with Gasteiger partial charge in [0.05, 0.1) is 5.56 Å².